The van der Waals surface area contributed by atoms with Crippen LogP contribution in [0, 0.1) is 0 Å². The van der Waals surface area contributed by atoms with E-state index >= 15 is 0 Å². The lowest BCUT2D eigenvalue weighted by Crippen LogP contribution is -2.34. The SMILES string of the molecule is O=C(c1ccc2ncnn2c1)N1CCCCN(Cc2nccs2)CCn2ccnc2-c2cccc(c2)OCCC1. The van der Waals surface area contributed by atoms with Gasteiger partial charge in [-0.1, -0.05) is 12.1 Å². The van der Waals surface area contributed by atoms with Gasteiger partial charge in [-0.05, 0) is 50.1 Å². The molecule has 5 aromatic rings. The van der Waals surface area contributed by atoms with Crippen molar-refractivity contribution in [2.45, 2.75) is 32.4 Å². The van der Waals surface area contributed by atoms with Crippen LogP contribution in [0.5, 0.6) is 5.75 Å². The molecule has 1 aliphatic heterocycles. The molecule has 2 bridgehead atoms. The molecule has 40 heavy (non-hydrogen) atoms. The molecular formula is C29H32N8O2S. The van der Waals surface area contributed by atoms with Gasteiger partial charge in [-0.3, -0.25) is 9.69 Å². The van der Waals surface area contributed by atoms with Crippen LogP contribution in [0.15, 0.2) is 72.9 Å². The van der Waals surface area contributed by atoms with Crippen molar-refractivity contribution in [2.24, 2.45) is 0 Å². The molecule has 0 atom stereocenters. The number of pyridine rings is 1. The number of imidazole rings is 1. The van der Waals surface area contributed by atoms with Gasteiger partial charge in [0.1, 0.15) is 22.9 Å². The van der Waals surface area contributed by atoms with E-state index in [2.05, 4.69) is 35.6 Å². The fourth-order valence-electron chi connectivity index (χ4n) is 5.04. The van der Waals surface area contributed by atoms with Crippen LogP contribution >= 0.6 is 11.3 Å². The number of aromatic nitrogens is 6. The van der Waals surface area contributed by atoms with Gasteiger partial charge in [0, 0.05) is 61.9 Å². The Morgan fingerprint density at radius 1 is 0.950 bits per heavy atom. The van der Waals surface area contributed by atoms with Crippen LogP contribution in [0.25, 0.3) is 17.0 Å². The predicted octanol–water partition coefficient (Wildman–Crippen LogP) is 4.26. The Morgan fingerprint density at radius 2 is 1.88 bits per heavy atom. The first-order chi connectivity index (χ1) is 19.7. The van der Waals surface area contributed by atoms with Crippen LogP contribution in [0.3, 0.4) is 0 Å². The minimum Gasteiger partial charge on any atom is -0.494 e. The lowest BCUT2D eigenvalue weighted by atomic mass is 10.2. The maximum Gasteiger partial charge on any atom is 0.255 e. The summed E-state index contributed by atoms with van der Waals surface area (Å²) in [5.74, 6) is 1.74. The number of amides is 1. The van der Waals surface area contributed by atoms with E-state index in [0.717, 1.165) is 73.2 Å². The zero-order valence-corrected chi connectivity index (χ0v) is 23.1. The molecule has 4 aromatic heterocycles. The molecule has 1 aromatic carbocycles. The number of ether oxygens (including phenoxy) is 1. The fraction of sp³-hybridized carbons (Fsp3) is 0.345. The second-order valence-electron chi connectivity index (χ2n) is 9.86. The molecule has 5 heterocycles. The van der Waals surface area contributed by atoms with E-state index in [9.17, 15) is 4.79 Å². The van der Waals surface area contributed by atoms with Crippen LogP contribution in [-0.2, 0) is 13.1 Å². The Balaban J connectivity index is 1.21. The Kier molecular flexibility index (Phi) is 8.10. The van der Waals surface area contributed by atoms with E-state index in [4.69, 9.17) is 4.74 Å². The standard InChI is InChI=1S/C29H32N8O2S/c38-29(24-7-8-26-32-22-33-37(26)20-24)36-12-2-1-11-34(21-27-30-10-18-40-27)15-16-35-14-9-31-28(35)23-5-3-6-25(19-23)39-17-4-13-36/h3,5-10,14,18-20,22H,1-2,4,11-13,15-17,21H2. The summed E-state index contributed by atoms with van der Waals surface area (Å²) < 4.78 is 9.96. The third kappa shape index (κ3) is 6.21. The van der Waals surface area contributed by atoms with Gasteiger partial charge in [0.15, 0.2) is 5.65 Å². The van der Waals surface area contributed by atoms with Crippen molar-refractivity contribution in [2.75, 3.05) is 32.8 Å². The van der Waals surface area contributed by atoms with Gasteiger partial charge in [0.05, 0.1) is 18.7 Å². The molecule has 1 amide bonds. The minimum absolute atomic E-state index is 0.00220. The molecule has 11 heteroatoms. The van der Waals surface area contributed by atoms with Crippen molar-refractivity contribution in [3.8, 4) is 17.1 Å². The Labute approximate surface area is 236 Å². The third-order valence-electron chi connectivity index (χ3n) is 7.11. The Morgan fingerprint density at radius 3 is 2.80 bits per heavy atom. The van der Waals surface area contributed by atoms with E-state index in [0.29, 0.717) is 25.3 Å². The molecule has 10 nitrogen and oxygen atoms in total. The first kappa shape index (κ1) is 26.1. The van der Waals surface area contributed by atoms with Crippen molar-refractivity contribution < 1.29 is 9.53 Å². The third-order valence-corrected chi connectivity index (χ3v) is 7.87. The minimum atomic E-state index is 0.00220. The smallest absolute Gasteiger partial charge is 0.255 e. The van der Waals surface area contributed by atoms with E-state index < -0.39 is 0 Å². The zero-order valence-electron chi connectivity index (χ0n) is 22.3. The number of hydrogen-bond donors (Lipinski definition) is 0. The van der Waals surface area contributed by atoms with Gasteiger partial charge in [-0.2, -0.15) is 5.10 Å². The summed E-state index contributed by atoms with van der Waals surface area (Å²) in [6.45, 7) is 5.24. The molecule has 0 saturated heterocycles. The molecule has 0 radical (unpaired) electrons. The van der Waals surface area contributed by atoms with Crippen molar-refractivity contribution >= 4 is 22.9 Å². The van der Waals surface area contributed by atoms with E-state index in [1.54, 1.807) is 22.0 Å². The lowest BCUT2D eigenvalue weighted by molar-refractivity contribution is 0.0741. The normalized spacial score (nSPS) is 15.8. The number of benzene rings is 1. The van der Waals surface area contributed by atoms with Gasteiger partial charge in [-0.25, -0.2) is 19.5 Å². The summed E-state index contributed by atoms with van der Waals surface area (Å²) >= 11 is 1.69. The summed E-state index contributed by atoms with van der Waals surface area (Å²) in [7, 11) is 0. The summed E-state index contributed by atoms with van der Waals surface area (Å²) in [5.41, 5.74) is 2.36. The average Bonchev–Trinajstić information content (AvgIpc) is 3.76. The van der Waals surface area contributed by atoms with Crippen LogP contribution < -0.4 is 4.74 Å². The van der Waals surface area contributed by atoms with Crippen molar-refractivity contribution in [1.82, 2.24) is 38.9 Å². The first-order valence-electron chi connectivity index (χ1n) is 13.7. The molecule has 0 N–H and O–H groups in total. The van der Waals surface area contributed by atoms with Gasteiger partial charge >= 0.3 is 0 Å². The summed E-state index contributed by atoms with van der Waals surface area (Å²) in [5, 5.41) is 7.33. The molecule has 0 spiro atoms. The van der Waals surface area contributed by atoms with Crippen LogP contribution in [0.2, 0.25) is 0 Å². The second kappa shape index (κ2) is 12.4. The van der Waals surface area contributed by atoms with E-state index in [1.807, 2.05) is 59.2 Å². The summed E-state index contributed by atoms with van der Waals surface area (Å²) in [4.78, 5) is 31.3. The molecule has 0 saturated carbocycles. The van der Waals surface area contributed by atoms with Gasteiger partial charge in [0.2, 0.25) is 0 Å². The van der Waals surface area contributed by atoms with Gasteiger partial charge in [-0.15, -0.1) is 11.3 Å². The lowest BCUT2D eigenvalue weighted by Gasteiger charge is -2.25. The number of fused-ring (bicyclic) bond motifs is 5. The molecule has 0 aliphatic carbocycles. The highest BCUT2D eigenvalue weighted by Gasteiger charge is 2.18. The van der Waals surface area contributed by atoms with Gasteiger partial charge < -0.3 is 14.2 Å². The number of rotatable bonds is 3. The number of carbonyl (C=O) groups is 1. The predicted molar refractivity (Wildman–Crippen MR) is 153 cm³/mol. The van der Waals surface area contributed by atoms with Crippen molar-refractivity contribution in [1.29, 1.82) is 0 Å². The van der Waals surface area contributed by atoms with Crippen molar-refractivity contribution in [3.63, 3.8) is 0 Å². The summed E-state index contributed by atoms with van der Waals surface area (Å²) in [6.07, 6.45) is 11.6. The van der Waals surface area contributed by atoms with E-state index in [1.165, 1.54) is 6.33 Å². The Hall–Kier alpha value is -4.09. The average molecular weight is 557 g/mol. The quantitative estimate of drug-likeness (QED) is 0.328. The molecular weight excluding hydrogens is 524 g/mol. The highest BCUT2D eigenvalue weighted by atomic mass is 32.1. The topological polar surface area (TPSA) is 93.7 Å². The van der Waals surface area contributed by atoms with Gasteiger partial charge in [0.25, 0.3) is 5.91 Å². The molecule has 0 fully saturated rings. The number of thiazole rings is 1. The van der Waals surface area contributed by atoms with Crippen LogP contribution in [0.1, 0.15) is 34.6 Å². The molecule has 0 unspecified atom stereocenters. The Bertz CT molecular complexity index is 1550. The highest BCUT2D eigenvalue weighted by Crippen LogP contribution is 2.23. The zero-order chi connectivity index (χ0) is 27.1. The number of nitrogens with zero attached hydrogens (tertiary/aromatic N) is 8. The monoisotopic (exact) mass is 556 g/mol. The maximum atomic E-state index is 13.6. The highest BCUT2D eigenvalue weighted by molar-refractivity contribution is 7.09. The second-order valence-corrected chi connectivity index (χ2v) is 10.8. The number of carbonyl (C=O) groups excluding carboxylic acids is 1. The van der Waals surface area contributed by atoms with E-state index in [-0.39, 0.29) is 5.91 Å². The van der Waals surface area contributed by atoms with Crippen LogP contribution in [0.4, 0.5) is 0 Å². The first-order valence-corrected chi connectivity index (χ1v) is 14.5. The molecule has 1 aliphatic rings. The number of hydrogen-bond acceptors (Lipinski definition) is 8. The molecule has 6 rings (SSSR count). The largest absolute Gasteiger partial charge is 0.494 e. The fourth-order valence-corrected chi connectivity index (χ4v) is 5.70. The summed E-state index contributed by atoms with van der Waals surface area (Å²) in [6, 6.07) is 11.7. The van der Waals surface area contributed by atoms with Crippen molar-refractivity contribution in [3.05, 3.63) is 83.5 Å². The maximum absolute atomic E-state index is 13.6. The van der Waals surface area contributed by atoms with Crippen LogP contribution in [-0.4, -0.2) is 77.6 Å². The molecule has 206 valence electrons.